The maximum Gasteiger partial charge on any atom is 0.282 e. The topological polar surface area (TPSA) is 105 Å². The maximum absolute atomic E-state index is 6.27. The standard InChI is InChI=1S/C19H18N6O2/c1-11-5-4-6-15(12(11)2)25-17(20)16(22-24-25)19-21-18(23-27-19)13-7-9-14(26-3)10-8-13/h4-10H,20H2,1-3H3. The molecule has 0 aliphatic rings. The third-order valence-electron chi connectivity index (χ3n) is 4.49. The van der Waals surface area contributed by atoms with Crippen molar-refractivity contribution in [1.29, 1.82) is 0 Å². The third-order valence-corrected chi connectivity index (χ3v) is 4.49. The fourth-order valence-electron chi connectivity index (χ4n) is 2.76. The van der Waals surface area contributed by atoms with Gasteiger partial charge in [-0.05, 0) is 55.3 Å². The van der Waals surface area contributed by atoms with Crippen LogP contribution >= 0.6 is 0 Å². The molecule has 0 amide bonds. The molecule has 2 heterocycles. The number of nitrogen functional groups attached to an aromatic ring is 1. The molecule has 0 fully saturated rings. The molecule has 0 bridgehead atoms. The van der Waals surface area contributed by atoms with E-state index in [4.69, 9.17) is 15.0 Å². The lowest BCUT2D eigenvalue weighted by molar-refractivity contribution is 0.414. The number of hydrogen-bond donors (Lipinski definition) is 1. The van der Waals surface area contributed by atoms with E-state index in [0.29, 0.717) is 17.3 Å². The van der Waals surface area contributed by atoms with Gasteiger partial charge >= 0.3 is 0 Å². The second kappa shape index (κ2) is 6.56. The van der Waals surface area contributed by atoms with Crippen molar-refractivity contribution in [3.05, 3.63) is 53.6 Å². The van der Waals surface area contributed by atoms with Gasteiger partial charge in [0, 0.05) is 5.56 Å². The van der Waals surface area contributed by atoms with Gasteiger partial charge in [0.1, 0.15) is 5.75 Å². The molecule has 0 saturated carbocycles. The molecule has 8 heteroatoms. The predicted octanol–water partition coefficient (Wildman–Crippen LogP) is 3.19. The van der Waals surface area contributed by atoms with Crippen molar-refractivity contribution in [1.82, 2.24) is 25.1 Å². The van der Waals surface area contributed by atoms with E-state index in [-0.39, 0.29) is 5.89 Å². The molecular weight excluding hydrogens is 344 g/mol. The van der Waals surface area contributed by atoms with Crippen LogP contribution in [0.4, 0.5) is 5.82 Å². The first kappa shape index (κ1) is 16.8. The van der Waals surface area contributed by atoms with Crippen molar-refractivity contribution in [2.75, 3.05) is 12.8 Å². The third kappa shape index (κ3) is 2.91. The van der Waals surface area contributed by atoms with Crippen LogP contribution in [0, 0.1) is 13.8 Å². The average Bonchev–Trinajstić information content (AvgIpc) is 3.31. The quantitative estimate of drug-likeness (QED) is 0.594. The number of ether oxygens (including phenoxy) is 1. The highest BCUT2D eigenvalue weighted by Crippen LogP contribution is 2.28. The van der Waals surface area contributed by atoms with Crippen LogP contribution in [0.15, 0.2) is 47.0 Å². The molecule has 0 radical (unpaired) electrons. The Morgan fingerprint density at radius 3 is 2.59 bits per heavy atom. The van der Waals surface area contributed by atoms with E-state index in [2.05, 4.69) is 20.5 Å². The highest BCUT2D eigenvalue weighted by atomic mass is 16.5. The van der Waals surface area contributed by atoms with Gasteiger partial charge in [0.25, 0.3) is 5.89 Å². The Morgan fingerprint density at radius 2 is 1.85 bits per heavy atom. The number of aryl methyl sites for hydroxylation is 1. The summed E-state index contributed by atoms with van der Waals surface area (Å²) in [5.41, 5.74) is 10.5. The van der Waals surface area contributed by atoms with E-state index in [1.807, 2.05) is 56.3 Å². The van der Waals surface area contributed by atoms with Crippen molar-refractivity contribution in [3.63, 3.8) is 0 Å². The number of hydrogen-bond acceptors (Lipinski definition) is 7. The van der Waals surface area contributed by atoms with Crippen LogP contribution in [0.3, 0.4) is 0 Å². The largest absolute Gasteiger partial charge is 0.497 e. The molecule has 2 aromatic heterocycles. The maximum atomic E-state index is 6.27. The Bertz CT molecular complexity index is 1100. The van der Waals surface area contributed by atoms with Crippen molar-refractivity contribution in [2.45, 2.75) is 13.8 Å². The van der Waals surface area contributed by atoms with Crippen LogP contribution in [0.5, 0.6) is 5.75 Å². The first-order chi connectivity index (χ1) is 13.1. The second-order valence-electron chi connectivity index (χ2n) is 6.11. The van der Waals surface area contributed by atoms with Gasteiger partial charge in [0.05, 0.1) is 12.8 Å². The van der Waals surface area contributed by atoms with Crippen LogP contribution in [0.2, 0.25) is 0 Å². The summed E-state index contributed by atoms with van der Waals surface area (Å²) in [5, 5.41) is 12.3. The molecule has 2 aromatic carbocycles. The molecular formula is C19H18N6O2. The molecule has 0 spiro atoms. The summed E-state index contributed by atoms with van der Waals surface area (Å²) < 4.78 is 12.1. The number of aromatic nitrogens is 5. The van der Waals surface area contributed by atoms with E-state index < -0.39 is 0 Å². The van der Waals surface area contributed by atoms with Crippen LogP contribution in [-0.4, -0.2) is 32.2 Å². The van der Waals surface area contributed by atoms with Gasteiger partial charge in [-0.3, -0.25) is 0 Å². The minimum atomic E-state index is 0.217. The van der Waals surface area contributed by atoms with Crippen LogP contribution in [-0.2, 0) is 0 Å². The Balaban J connectivity index is 1.70. The molecule has 4 aromatic rings. The van der Waals surface area contributed by atoms with Gasteiger partial charge in [0.15, 0.2) is 11.5 Å². The summed E-state index contributed by atoms with van der Waals surface area (Å²) in [6, 6.07) is 13.3. The van der Waals surface area contributed by atoms with E-state index >= 15 is 0 Å². The van der Waals surface area contributed by atoms with Crippen molar-refractivity contribution in [3.8, 4) is 34.4 Å². The smallest absolute Gasteiger partial charge is 0.282 e. The number of nitrogens with zero attached hydrogens (tertiary/aromatic N) is 5. The second-order valence-corrected chi connectivity index (χ2v) is 6.11. The van der Waals surface area contributed by atoms with E-state index in [9.17, 15) is 0 Å². The van der Waals surface area contributed by atoms with Crippen LogP contribution in [0.1, 0.15) is 11.1 Å². The van der Waals surface area contributed by atoms with Gasteiger partial charge in [-0.25, -0.2) is 0 Å². The number of benzene rings is 2. The fourth-order valence-corrected chi connectivity index (χ4v) is 2.76. The molecule has 8 nitrogen and oxygen atoms in total. The predicted molar refractivity (Wildman–Crippen MR) is 101 cm³/mol. The van der Waals surface area contributed by atoms with E-state index in [0.717, 1.165) is 28.1 Å². The molecule has 2 N–H and O–H groups in total. The lowest BCUT2D eigenvalue weighted by Gasteiger charge is -2.08. The zero-order chi connectivity index (χ0) is 19.0. The summed E-state index contributed by atoms with van der Waals surface area (Å²) in [6.45, 7) is 4.05. The zero-order valence-electron chi connectivity index (χ0n) is 15.2. The zero-order valence-corrected chi connectivity index (χ0v) is 15.2. The minimum Gasteiger partial charge on any atom is -0.497 e. The van der Waals surface area contributed by atoms with Gasteiger partial charge in [-0.15, -0.1) is 5.10 Å². The molecule has 0 aliphatic heterocycles. The molecule has 0 atom stereocenters. The van der Waals surface area contributed by atoms with E-state index in [1.165, 1.54) is 0 Å². The molecule has 136 valence electrons. The summed E-state index contributed by atoms with van der Waals surface area (Å²) in [7, 11) is 1.61. The summed E-state index contributed by atoms with van der Waals surface area (Å²) >= 11 is 0. The first-order valence-electron chi connectivity index (χ1n) is 8.34. The SMILES string of the molecule is COc1ccc(-c2noc(-c3nnn(-c4cccc(C)c4C)c3N)n2)cc1. The molecule has 0 saturated heterocycles. The molecule has 0 aliphatic carbocycles. The Kier molecular flexibility index (Phi) is 4.08. The number of nitrogens with two attached hydrogens (primary N) is 1. The Labute approximate surface area is 155 Å². The van der Waals surface area contributed by atoms with Gasteiger partial charge < -0.3 is 15.0 Å². The minimum absolute atomic E-state index is 0.217. The monoisotopic (exact) mass is 362 g/mol. The fraction of sp³-hybridized carbons (Fsp3) is 0.158. The first-order valence-corrected chi connectivity index (χ1v) is 8.34. The molecule has 27 heavy (non-hydrogen) atoms. The number of anilines is 1. The Morgan fingerprint density at radius 1 is 1.07 bits per heavy atom. The Hall–Kier alpha value is -3.68. The lowest BCUT2D eigenvalue weighted by Crippen LogP contribution is -2.05. The highest BCUT2D eigenvalue weighted by molar-refractivity contribution is 5.67. The van der Waals surface area contributed by atoms with Crippen LogP contribution in [0.25, 0.3) is 28.7 Å². The van der Waals surface area contributed by atoms with Crippen molar-refractivity contribution >= 4 is 5.82 Å². The molecule has 0 unspecified atom stereocenters. The lowest BCUT2D eigenvalue weighted by atomic mass is 10.1. The van der Waals surface area contributed by atoms with Gasteiger partial charge in [-0.1, -0.05) is 22.5 Å². The average molecular weight is 362 g/mol. The van der Waals surface area contributed by atoms with Crippen LogP contribution < -0.4 is 10.5 Å². The van der Waals surface area contributed by atoms with E-state index in [1.54, 1.807) is 11.8 Å². The molecule has 4 rings (SSSR count). The number of methoxy groups -OCH3 is 1. The van der Waals surface area contributed by atoms with Gasteiger partial charge in [-0.2, -0.15) is 9.67 Å². The summed E-state index contributed by atoms with van der Waals surface area (Å²) in [6.07, 6.45) is 0. The summed E-state index contributed by atoms with van der Waals surface area (Å²) in [4.78, 5) is 4.40. The van der Waals surface area contributed by atoms with Gasteiger partial charge in [0.2, 0.25) is 5.82 Å². The van der Waals surface area contributed by atoms with Crippen molar-refractivity contribution in [2.24, 2.45) is 0 Å². The summed E-state index contributed by atoms with van der Waals surface area (Å²) in [5.74, 6) is 1.75. The van der Waals surface area contributed by atoms with Crippen molar-refractivity contribution < 1.29 is 9.26 Å². The highest BCUT2D eigenvalue weighted by Gasteiger charge is 2.20. The number of rotatable bonds is 4. The normalized spacial score (nSPS) is 10.9.